The Morgan fingerprint density at radius 3 is 2.40 bits per heavy atom. The van der Waals surface area contributed by atoms with E-state index in [2.05, 4.69) is 25.6 Å². The zero-order valence-corrected chi connectivity index (χ0v) is 21.2. The Morgan fingerprint density at radius 1 is 0.950 bits per heavy atom. The van der Waals surface area contributed by atoms with Gasteiger partial charge in [0.15, 0.2) is 0 Å². The highest BCUT2D eigenvalue weighted by Crippen LogP contribution is 2.24. The lowest BCUT2D eigenvalue weighted by Crippen LogP contribution is -2.41. The molecule has 0 aliphatic carbocycles. The van der Waals surface area contributed by atoms with Gasteiger partial charge in [0, 0.05) is 23.9 Å². The van der Waals surface area contributed by atoms with Crippen LogP contribution in [0.25, 0.3) is 11.0 Å². The number of aromatic amines is 1. The second-order valence-corrected chi connectivity index (χ2v) is 9.04. The van der Waals surface area contributed by atoms with Gasteiger partial charge < -0.3 is 37.3 Å². The summed E-state index contributed by atoms with van der Waals surface area (Å²) in [7, 11) is 0. The van der Waals surface area contributed by atoms with Crippen molar-refractivity contribution in [3.63, 3.8) is 0 Å². The molecular formula is C27H27N7O6. The number of aryl methyl sites for hydroxylation is 2. The minimum Gasteiger partial charge on any atom is -0.480 e. The molecule has 2 aromatic carbocycles. The Hall–Kier alpha value is -5.46. The predicted octanol–water partition coefficient (Wildman–Crippen LogP) is 2.21. The molecule has 0 saturated carbocycles. The fourth-order valence-corrected chi connectivity index (χ4v) is 4.17. The van der Waals surface area contributed by atoms with E-state index in [1.807, 2.05) is 0 Å². The number of benzene rings is 2. The molecule has 40 heavy (non-hydrogen) atoms. The maximum Gasteiger partial charge on any atom is 0.335 e. The highest BCUT2D eigenvalue weighted by atomic mass is 16.4. The van der Waals surface area contributed by atoms with Crippen LogP contribution in [-0.4, -0.2) is 55.0 Å². The molecule has 9 N–H and O–H groups in total. The number of carbonyl (C=O) groups is 4. The van der Waals surface area contributed by atoms with Crippen molar-refractivity contribution in [2.24, 2.45) is 0 Å². The van der Waals surface area contributed by atoms with Crippen LogP contribution in [-0.2, 0) is 22.4 Å². The number of H-pyrrole nitrogens is 1. The molecule has 2 amide bonds. The standard InChI is InChI=1S/C27H27N7O6/c28-22-21-17(13-30-23(21)34-27(29)33-22)9-6-14-4-7-15(8-5-14)24(36)32-19(26(39)40)10-11-20(35)31-18-3-1-2-16(12-18)25(37)38/h1-5,7-8,12-13,19H,6,9-11H2,(H,31,35)(H,32,36)(H,37,38)(H,39,40)(H5,28,29,30,33,34)/t19-/m1/s1. The Bertz CT molecular complexity index is 1580. The van der Waals surface area contributed by atoms with Crippen molar-refractivity contribution >= 4 is 52.2 Å². The summed E-state index contributed by atoms with van der Waals surface area (Å²) in [5.41, 5.74) is 14.6. The first-order chi connectivity index (χ1) is 19.1. The second kappa shape index (κ2) is 11.9. The number of carboxylic acid groups (broad SMARTS) is 2. The van der Waals surface area contributed by atoms with Gasteiger partial charge in [-0.3, -0.25) is 9.59 Å². The summed E-state index contributed by atoms with van der Waals surface area (Å²) in [6.07, 6.45) is 2.71. The number of fused-ring (bicyclic) bond motifs is 1. The predicted molar refractivity (Wildman–Crippen MR) is 147 cm³/mol. The number of hydrogen-bond acceptors (Lipinski definition) is 8. The number of aliphatic carboxylic acids is 1. The van der Waals surface area contributed by atoms with Crippen molar-refractivity contribution in [2.75, 3.05) is 16.8 Å². The Morgan fingerprint density at radius 2 is 1.70 bits per heavy atom. The van der Waals surface area contributed by atoms with Gasteiger partial charge in [0.05, 0.1) is 10.9 Å². The average Bonchev–Trinajstić information content (AvgIpc) is 3.33. The van der Waals surface area contributed by atoms with E-state index in [1.165, 1.54) is 24.3 Å². The number of aromatic nitrogens is 3. The lowest BCUT2D eigenvalue weighted by atomic mass is 10.0. The Balaban J connectivity index is 1.31. The van der Waals surface area contributed by atoms with E-state index < -0.39 is 29.8 Å². The first-order valence-corrected chi connectivity index (χ1v) is 12.3. The number of nitrogens with one attached hydrogen (secondary N) is 3. The second-order valence-electron chi connectivity index (χ2n) is 9.04. The molecule has 2 heterocycles. The van der Waals surface area contributed by atoms with Gasteiger partial charge in [-0.05, 0) is 60.7 Å². The summed E-state index contributed by atoms with van der Waals surface area (Å²) in [6, 6.07) is 11.1. The summed E-state index contributed by atoms with van der Waals surface area (Å²) >= 11 is 0. The molecule has 0 fully saturated rings. The van der Waals surface area contributed by atoms with Gasteiger partial charge in [-0.15, -0.1) is 0 Å². The van der Waals surface area contributed by atoms with Crippen molar-refractivity contribution in [1.82, 2.24) is 20.3 Å². The molecule has 0 radical (unpaired) electrons. The number of nitrogens with two attached hydrogens (primary N) is 2. The molecule has 0 aliphatic heterocycles. The van der Waals surface area contributed by atoms with Crippen molar-refractivity contribution in [2.45, 2.75) is 31.7 Å². The number of rotatable bonds is 11. The van der Waals surface area contributed by atoms with E-state index in [4.69, 9.17) is 16.6 Å². The van der Waals surface area contributed by atoms with E-state index in [9.17, 15) is 24.3 Å². The van der Waals surface area contributed by atoms with Gasteiger partial charge in [0.25, 0.3) is 5.91 Å². The average molecular weight is 546 g/mol. The molecule has 2 aromatic heterocycles. The SMILES string of the molecule is Nc1nc(N)c2c(CCc3ccc(C(=O)N[C@H](CCC(=O)Nc4cccc(C(=O)O)c4)C(=O)O)cc3)c[nH]c2n1. The molecule has 0 spiro atoms. The third-order valence-corrected chi connectivity index (χ3v) is 6.21. The Kier molecular flexibility index (Phi) is 8.23. The normalized spacial score (nSPS) is 11.6. The number of carboxylic acids is 2. The fourth-order valence-electron chi connectivity index (χ4n) is 4.17. The van der Waals surface area contributed by atoms with Crippen molar-refractivity contribution < 1.29 is 29.4 Å². The molecule has 0 aliphatic rings. The lowest BCUT2D eigenvalue weighted by Gasteiger charge is -2.15. The zero-order valence-electron chi connectivity index (χ0n) is 21.2. The van der Waals surface area contributed by atoms with Crippen LogP contribution < -0.4 is 22.1 Å². The quantitative estimate of drug-likeness (QED) is 0.145. The minimum absolute atomic E-state index is 0.00219. The van der Waals surface area contributed by atoms with Crippen LogP contribution in [0.1, 0.15) is 44.7 Å². The summed E-state index contributed by atoms with van der Waals surface area (Å²) in [4.78, 5) is 58.9. The first-order valence-electron chi connectivity index (χ1n) is 12.3. The van der Waals surface area contributed by atoms with Crippen LogP contribution in [0, 0.1) is 0 Å². The van der Waals surface area contributed by atoms with Crippen molar-refractivity contribution in [1.29, 1.82) is 0 Å². The number of anilines is 3. The minimum atomic E-state index is -1.30. The first kappa shape index (κ1) is 27.6. The monoisotopic (exact) mass is 545 g/mol. The smallest absolute Gasteiger partial charge is 0.335 e. The summed E-state index contributed by atoms with van der Waals surface area (Å²) in [6.45, 7) is 0. The molecule has 0 unspecified atom stereocenters. The van der Waals surface area contributed by atoms with Crippen LogP contribution in [0.2, 0.25) is 0 Å². The van der Waals surface area contributed by atoms with E-state index in [1.54, 1.807) is 30.5 Å². The number of aromatic carboxylic acids is 1. The van der Waals surface area contributed by atoms with Crippen LogP contribution >= 0.6 is 0 Å². The lowest BCUT2D eigenvalue weighted by molar-refractivity contribution is -0.139. The molecule has 0 saturated heterocycles. The number of nitrogens with zero attached hydrogens (tertiary/aromatic N) is 2. The molecule has 1 atom stereocenters. The van der Waals surface area contributed by atoms with Crippen molar-refractivity contribution in [3.05, 3.63) is 77.0 Å². The molecular weight excluding hydrogens is 518 g/mol. The summed E-state index contributed by atoms with van der Waals surface area (Å²) in [5.74, 6) is -3.15. The summed E-state index contributed by atoms with van der Waals surface area (Å²) in [5, 5.41) is 24.3. The number of nitrogen functional groups attached to an aromatic ring is 2. The van der Waals surface area contributed by atoms with Crippen molar-refractivity contribution in [3.8, 4) is 0 Å². The van der Waals surface area contributed by atoms with Crippen LogP contribution in [0.15, 0.2) is 54.7 Å². The van der Waals surface area contributed by atoms with Crippen LogP contribution in [0.3, 0.4) is 0 Å². The molecule has 13 heteroatoms. The van der Waals surface area contributed by atoms with Gasteiger partial charge in [-0.25, -0.2) is 9.59 Å². The van der Waals surface area contributed by atoms with E-state index in [-0.39, 0.29) is 35.6 Å². The Labute approximate surface area is 227 Å². The molecule has 4 rings (SSSR count). The van der Waals surface area contributed by atoms with E-state index in [0.717, 1.165) is 11.1 Å². The molecule has 13 nitrogen and oxygen atoms in total. The van der Waals surface area contributed by atoms with Gasteiger partial charge in [-0.2, -0.15) is 9.97 Å². The van der Waals surface area contributed by atoms with Gasteiger partial charge in [0.1, 0.15) is 17.5 Å². The molecule has 0 bridgehead atoms. The maximum absolute atomic E-state index is 12.7. The fraction of sp³-hybridized carbons (Fsp3) is 0.185. The van der Waals surface area contributed by atoms with Gasteiger partial charge in [0.2, 0.25) is 11.9 Å². The number of carbonyl (C=O) groups excluding carboxylic acids is 2. The van der Waals surface area contributed by atoms with E-state index in [0.29, 0.717) is 29.7 Å². The topological polar surface area (TPSA) is 226 Å². The third kappa shape index (κ3) is 6.69. The molecule has 4 aromatic rings. The summed E-state index contributed by atoms with van der Waals surface area (Å²) < 4.78 is 0. The zero-order chi connectivity index (χ0) is 28.8. The maximum atomic E-state index is 12.7. The van der Waals surface area contributed by atoms with Crippen LogP contribution in [0.4, 0.5) is 17.5 Å². The van der Waals surface area contributed by atoms with Gasteiger partial charge >= 0.3 is 11.9 Å². The largest absolute Gasteiger partial charge is 0.480 e. The molecule has 206 valence electrons. The highest BCUT2D eigenvalue weighted by molar-refractivity contribution is 5.97. The third-order valence-electron chi connectivity index (χ3n) is 6.21. The van der Waals surface area contributed by atoms with Gasteiger partial charge in [-0.1, -0.05) is 18.2 Å². The highest BCUT2D eigenvalue weighted by Gasteiger charge is 2.22. The number of hydrogen-bond donors (Lipinski definition) is 7. The van der Waals surface area contributed by atoms with E-state index >= 15 is 0 Å². The number of amides is 2. The van der Waals surface area contributed by atoms with Crippen LogP contribution in [0.5, 0.6) is 0 Å².